The SMILES string of the molecule is CC1CCCC(C)N1CC(=O)c1c(F)cccc1F. The van der Waals surface area contributed by atoms with E-state index in [9.17, 15) is 13.6 Å². The number of nitrogens with zero attached hydrogens (tertiary/aromatic N) is 1. The molecule has 1 fully saturated rings. The molecular formula is C15H19F2NO. The Bertz CT molecular complexity index is 445. The van der Waals surface area contributed by atoms with E-state index in [1.54, 1.807) is 0 Å². The van der Waals surface area contributed by atoms with Gasteiger partial charge in [0, 0.05) is 12.1 Å². The summed E-state index contributed by atoms with van der Waals surface area (Å²) in [7, 11) is 0. The van der Waals surface area contributed by atoms with E-state index in [4.69, 9.17) is 0 Å². The van der Waals surface area contributed by atoms with E-state index < -0.39 is 23.0 Å². The molecule has 2 rings (SSSR count). The van der Waals surface area contributed by atoms with Gasteiger partial charge in [0.05, 0.1) is 12.1 Å². The van der Waals surface area contributed by atoms with E-state index in [1.807, 2.05) is 4.90 Å². The molecule has 0 spiro atoms. The number of rotatable bonds is 3. The molecule has 0 bridgehead atoms. The van der Waals surface area contributed by atoms with Gasteiger partial charge in [0.15, 0.2) is 5.78 Å². The van der Waals surface area contributed by atoms with Crippen molar-refractivity contribution < 1.29 is 13.6 Å². The highest BCUT2D eigenvalue weighted by Crippen LogP contribution is 2.23. The minimum atomic E-state index is -0.776. The average molecular weight is 267 g/mol. The highest BCUT2D eigenvalue weighted by molar-refractivity contribution is 5.98. The highest BCUT2D eigenvalue weighted by atomic mass is 19.1. The maximum absolute atomic E-state index is 13.6. The van der Waals surface area contributed by atoms with Crippen LogP contribution in [0.1, 0.15) is 43.5 Å². The maximum atomic E-state index is 13.6. The van der Waals surface area contributed by atoms with E-state index in [0.717, 1.165) is 31.4 Å². The third kappa shape index (κ3) is 3.00. The second-order valence-corrected chi connectivity index (χ2v) is 5.32. The molecule has 0 aliphatic carbocycles. The zero-order chi connectivity index (χ0) is 14.0. The number of hydrogen-bond donors (Lipinski definition) is 0. The minimum Gasteiger partial charge on any atom is -0.292 e. The van der Waals surface area contributed by atoms with Crippen LogP contribution in [0.4, 0.5) is 8.78 Å². The number of hydrogen-bond acceptors (Lipinski definition) is 2. The van der Waals surface area contributed by atoms with Gasteiger partial charge < -0.3 is 0 Å². The molecule has 1 aliphatic heterocycles. The summed E-state index contributed by atoms with van der Waals surface area (Å²) in [5, 5.41) is 0. The molecule has 1 aromatic rings. The largest absolute Gasteiger partial charge is 0.292 e. The van der Waals surface area contributed by atoms with Gasteiger partial charge in [-0.15, -0.1) is 0 Å². The van der Waals surface area contributed by atoms with Crippen molar-refractivity contribution in [3.63, 3.8) is 0 Å². The number of halogens is 2. The van der Waals surface area contributed by atoms with E-state index in [2.05, 4.69) is 13.8 Å². The van der Waals surface area contributed by atoms with E-state index in [1.165, 1.54) is 6.07 Å². The number of benzene rings is 1. The lowest BCUT2D eigenvalue weighted by atomic mass is 9.96. The summed E-state index contributed by atoms with van der Waals surface area (Å²) in [4.78, 5) is 14.2. The number of carbonyl (C=O) groups excluding carboxylic acids is 1. The van der Waals surface area contributed by atoms with Crippen molar-refractivity contribution in [1.82, 2.24) is 4.90 Å². The Labute approximate surface area is 112 Å². The van der Waals surface area contributed by atoms with E-state index in [0.29, 0.717) is 0 Å². The Morgan fingerprint density at radius 2 is 1.74 bits per heavy atom. The first-order valence-corrected chi connectivity index (χ1v) is 6.73. The van der Waals surface area contributed by atoms with Gasteiger partial charge in [0.2, 0.25) is 0 Å². The fraction of sp³-hybridized carbons (Fsp3) is 0.533. The monoisotopic (exact) mass is 267 g/mol. The molecule has 4 heteroatoms. The van der Waals surface area contributed by atoms with Crippen molar-refractivity contribution in [2.24, 2.45) is 0 Å². The number of carbonyl (C=O) groups is 1. The quantitative estimate of drug-likeness (QED) is 0.782. The van der Waals surface area contributed by atoms with Gasteiger partial charge in [-0.2, -0.15) is 0 Å². The van der Waals surface area contributed by atoms with Crippen molar-refractivity contribution in [3.8, 4) is 0 Å². The molecule has 0 aromatic heterocycles. The normalized spacial score (nSPS) is 24.4. The molecule has 0 radical (unpaired) electrons. The number of Topliss-reactive ketones (excluding diaryl/α,β-unsaturated/α-hetero) is 1. The predicted molar refractivity (Wildman–Crippen MR) is 70.2 cm³/mol. The average Bonchev–Trinajstić information content (AvgIpc) is 2.34. The first kappa shape index (κ1) is 14.1. The van der Waals surface area contributed by atoms with Gasteiger partial charge in [-0.05, 0) is 38.8 Å². The number of ketones is 1. The molecule has 2 atom stereocenters. The predicted octanol–water partition coefficient (Wildman–Crippen LogP) is 3.41. The van der Waals surface area contributed by atoms with Gasteiger partial charge in [-0.25, -0.2) is 8.78 Å². The third-order valence-corrected chi connectivity index (χ3v) is 3.94. The topological polar surface area (TPSA) is 20.3 Å². The molecule has 1 saturated heterocycles. The van der Waals surface area contributed by atoms with Crippen molar-refractivity contribution >= 4 is 5.78 Å². The summed E-state index contributed by atoms with van der Waals surface area (Å²) < 4.78 is 27.1. The molecule has 104 valence electrons. The standard InChI is InChI=1S/C15H19F2NO/c1-10-5-3-6-11(2)18(10)9-14(19)15-12(16)7-4-8-13(15)17/h4,7-8,10-11H,3,5-6,9H2,1-2H3. The van der Waals surface area contributed by atoms with Gasteiger partial charge in [0.25, 0.3) is 0 Å². The van der Waals surface area contributed by atoms with Crippen LogP contribution < -0.4 is 0 Å². The summed E-state index contributed by atoms with van der Waals surface area (Å²) in [6.45, 7) is 4.20. The fourth-order valence-corrected chi connectivity index (χ4v) is 2.80. The molecular weight excluding hydrogens is 248 g/mol. The van der Waals surface area contributed by atoms with Gasteiger partial charge in [0.1, 0.15) is 11.6 Å². The Kier molecular flexibility index (Phi) is 4.30. The van der Waals surface area contributed by atoms with Crippen molar-refractivity contribution in [2.45, 2.75) is 45.2 Å². The van der Waals surface area contributed by atoms with Gasteiger partial charge in [-0.3, -0.25) is 9.69 Å². The van der Waals surface area contributed by atoms with E-state index in [-0.39, 0.29) is 18.6 Å². The first-order valence-electron chi connectivity index (χ1n) is 6.73. The lowest BCUT2D eigenvalue weighted by Gasteiger charge is -2.38. The summed E-state index contributed by atoms with van der Waals surface area (Å²) in [5.74, 6) is -2.03. The molecule has 2 nitrogen and oxygen atoms in total. The second-order valence-electron chi connectivity index (χ2n) is 5.32. The molecule has 0 N–H and O–H groups in total. The van der Waals surface area contributed by atoms with Crippen LogP contribution >= 0.6 is 0 Å². The Balaban J connectivity index is 2.16. The molecule has 1 aliphatic rings. The summed E-state index contributed by atoms with van der Waals surface area (Å²) in [6.07, 6.45) is 3.19. The fourth-order valence-electron chi connectivity index (χ4n) is 2.80. The summed E-state index contributed by atoms with van der Waals surface area (Å²) in [5.41, 5.74) is -0.410. The van der Waals surface area contributed by atoms with E-state index >= 15 is 0 Å². The molecule has 2 unspecified atom stereocenters. The zero-order valence-electron chi connectivity index (χ0n) is 11.3. The zero-order valence-corrected chi connectivity index (χ0v) is 11.3. The second kappa shape index (κ2) is 5.78. The molecule has 0 amide bonds. The Morgan fingerprint density at radius 1 is 1.21 bits per heavy atom. The lowest BCUT2D eigenvalue weighted by molar-refractivity contribution is 0.0727. The molecule has 19 heavy (non-hydrogen) atoms. The van der Waals surface area contributed by atoms with Crippen LogP contribution in [0.25, 0.3) is 0 Å². The smallest absolute Gasteiger partial charge is 0.182 e. The maximum Gasteiger partial charge on any atom is 0.182 e. The van der Waals surface area contributed by atoms with Crippen molar-refractivity contribution in [3.05, 3.63) is 35.4 Å². The van der Waals surface area contributed by atoms with Crippen LogP contribution in [0.2, 0.25) is 0 Å². The van der Waals surface area contributed by atoms with Gasteiger partial charge >= 0.3 is 0 Å². The summed E-state index contributed by atoms with van der Waals surface area (Å²) in [6, 6.07) is 4.08. The Morgan fingerprint density at radius 3 is 2.26 bits per heavy atom. The van der Waals surface area contributed by atoms with Crippen LogP contribution in [0.5, 0.6) is 0 Å². The Hall–Kier alpha value is -1.29. The molecule has 1 aromatic carbocycles. The van der Waals surface area contributed by atoms with Crippen LogP contribution in [0, 0.1) is 11.6 Å². The highest BCUT2D eigenvalue weighted by Gasteiger charge is 2.28. The van der Waals surface area contributed by atoms with Crippen LogP contribution in [-0.2, 0) is 0 Å². The van der Waals surface area contributed by atoms with Crippen LogP contribution in [0.15, 0.2) is 18.2 Å². The molecule has 1 heterocycles. The molecule has 0 saturated carbocycles. The van der Waals surface area contributed by atoms with Crippen LogP contribution in [0.3, 0.4) is 0 Å². The number of piperidine rings is 1. The summed E-state index contributed by atoms with van der Waals surface area (Å²) >= 11 is 0. The number of likely N-dealkylation sites (tertiary alicyclic amines) is 1. The van der Waals surface area contributed by atoms with Crippen molar-refractivity contribution in [2.75, 3.05) is 6.54 Å². The van der Waals surface area contributed by atoms with Crippen molar-refractivity contribution in [1.29, 1.82) is 0 Å². The van der Waals surface area contributed by atoms with Crippen LogP contribution in [-0.4, -0.2) is 29.3 Å². The first-order chi connectivity index (χ1) is 9.00. The lowest BCUT2D eigenvalue weighted by Crippen LogP contribution is -2.46. The minimum absolute atomic E-state index is 0.0835. The van der Waals surface area contributed by atoms with Gasteiger partial charge in [-0.1, -0.05) is 12.5 Å². The third-order valence-electron chi connectivity index (χ3n) is 3.94.